The average molecular weight is 485 g/mol. The van der Waals surface area contributed by atoms with E-state index in [0.717, 1.165) is 24.5 Å². The molecule has 1 aliphatic heterocycles. The first kappa shape index (κ1) is 22.7. The predicted octanol–water partition coefficient (Wildman–Crippen LogP) is 2.61. The van der Waals surface area contributed by atoms with Crippen LogP contribution in [0.15, 0.2) is 52.9 Å². The summed E-state index contributed by atoms with van der Waals surface area (Å²) in [5, 5.41) is 0.936. The molecule has 3 aromatic rings. The van der Waals surface area contributed by atoms with Gasteiger partial charge in [0.2, 0.25) is 17.7 Å². The average Bonchev–Trinajstić information content (AvgIpc) is 3.35. The summed E-state index contributed by atoms with van der Waals surface area (Å²) < 4.78 is 6.83. The van der Waals surface area contributed by atoms with Gasteiger partial charge < -0.3 is 4.74 Å². The van der Waals surface area contributed by atoms with Gasteiger partial charge in [-0.25, -0.2) is 14.9 Å². The van der Waals surface area contributed by atoms with Crippen molar-refractivity contribution in [3.8, 4) is 5.75 Å². The quantitative estimate of drug-likeness (QED) is 0.325. The minimum absolute atomic E-state index is 0.000648. The van der Waals surface area contributed by atoms with Gasteiger partial charge in [0.15, 0.2) is 4.34 Å². The van der Waals surface area contributed by atoms with E-state index < -0.39 is 29.7 Å². The fourth-order valence-electron chi connectivity index (χ4n) is 3.40. The number of carbonyl (C=O) groups excluding carboxylic acids is 4. The second-order valence-electron chi connectivity index (χ2n) is 7.15. The van der Waals surface area contributed by atoms with Gasteiger partial charge in [0, 0.05) is 6.92 Å². The number of benzene rings is 2. The van der Waals surface area contributed by atoms with Crippen molar-refractivity contribution in [3.05, 3.63) is 48.5 Å². The van der Waals surface area contributed by atoms with Gasteiger partial charge in [0.05, 0.1) is 35.2 Å². The van der Waals surface area contributed by atoms with Crippen LogP contribution in [0.3, 0.4) is 0 Å². The molecule has 1 saturated heterocycles. The van der Waals surface area contributed by atoms with Crippen molar-refractivity contribution in [1.29, 1.82) is 0 Å². The molecule has 4 rings (SSSR count). The Balaban J connectivity index is 1.42. The first-order valence-corrected chi connectivity index (χ1v) is 11.8. The number of methoxy groups -OCH3 is 1. The Hall–Kier alpha value is -3.44. The van der Waals surface area contributed by atoms with Crippen molar-refractivity contribution in [3.63, 3.8) is 0 Å². The third-order valence-corrected chi connectivity index (χ3v) is 7.13. The fraction of sp³-hybridized carbons (Fsp3) is 0.227. The van der Waals surface area contributed by atoms with E-state index in [4.69, 9.17) is 4.74 Å². The minimum Gasteiger partial charge on any atom is -0.497 e. The summed E-state index contributed by atoms with van der Waals surface area (Å²) in [6.07, 6.45) is -0.226. The number of anilines is 1. The lowest BCUT2D eigenvalue weighted by Crippen LogP contribution is -2.54. The Kier molecular flexibility index (Phi) is 6.61. The maximum Gasteiger partial charge on any atom is 0.259 e. The lowest BCUT2D eigenvalue weighted by atomic mass is 10.2. The van der Waals surface area contributed by atoms with Crippen LogP contribution < -0.4 is 15.1 Å². The van der Waals surface area contributed by atoms with Crippen LogP contribution in [-0.4, -0.2) is 52.5 Å². The molecule has 4 amide bonds. The van der Waals surface area contributed by atoms with Crippen LogP contribution in [0.4, 0.5) is 5.69 Å². The molecule has 170 valence electrons. The molecule has 2 heterocycles. The van der Waals surface area contributed by atoms with E-state index in [9.17, 15) is 19.2 Å². The number of thiazole rings is 1. The zero-order chi connectivity index (χ0) is 23.5. The zero-order valence-electron chi connectivity index (χ0n) is 17.8. The number of hydrogen-bond acceptors (Lipinski definition) is 8. The van der Waals surface area contributed by atoms with Crippen molar-refractivity contribution < 1.29 is 23.9 Å². The standard InChI is InChI=1S/C22H20N4O5S2/c1-13(27)26(24-19(28)12-32-22-23-16-5-3-4-6-18(16)33-22)17-11-20(29)25(21(17)30)14-7-9-15(31-2)10-8-14/h3-10,17H,11-12H2,1-2H3,(H,24,28). The van der Waals surface area contributed by atoms with Gasteiger partial charge in [-0.2, -0.15) is 0 Å². The third kappa shape index (κ3) is 4.83. The SMILES string of the molecule is COc1ccc(N2C(=O)CC(N(NC(=O)CSc3nc4ccccc4s3)C(C)=O)C2=O)cc1. The molecule has 1 aliphatic rings. The number of para-hydroxylation sites is 1. The normalized spacial score (nSPS) is 15.7. The Morgan fingerprint density at radius 1 is 1.21 bits per heavy atom. The Labute approximate surface area is 197 Å². The first-order valence-electron chi connectivity index (χ1n) is 9.96. The van der Waals surface area contributed by atoms with Crippen molar-refractivity contribution in [2.75, 3.05) is 17.8 Å². The summed E-state index contributed by atoms with van der Waals surface area (Å²) >= 11 is 2.70. The number of thioether (sulfide) groups is 1. The summed E-state index contributed by atoms with van der Waals surface area (Å²) in [6, 6.07) is 13.0. The van der Waals surface area contributed by atoms with Gasteiger partial charge in [0.1, 0.15) is 11.8 Å². The summed E-state index contributed by atoms with van der Waals surface area (Å²) in [4.78, 5) is 55.8. The van der Waals surface area contributed by atoms with E-state index in [1.54, 1.807) is 24.3 Å². The Morgan fingerprint density at radius 3 is 2.61 bits per heavy atom. The van der Waals surface area contributed by atoms with E-state index >= 15 is 0 Å². The van der Waals surface area contributed by atoms with E-state index in [0.29, 0.717) is 11.4 Å². The van der Waals surface area contributed by atoms with Crippen molar-refractivity contribution in [2.24, 2.45) is 0 Å². The number of hydrogen-bond donors (Lipinski definition) is 1. The highest BCUT2D eigenvalue weighted by atomic mass is 32.2. The second-order valence-corrected chi connectivity index (χ2v) is 9.40. The van der Waals surface area contributed by atoms with Crippen LogP contribution in [0.1, 0.15) is 13.3 Å². The van der Waals surface area contributed by atoms with Crippen LogP contribution in [0.2, 0.25) is 0 Å². The van der Waals surface area contributed by atoms with E-state index in [1.807, 2.05) is 24.3 Å². The number of carbonyl (C=O) groups is 4. The Bertz CT molecular complexity index is 1190. The zero-order valence-corrected chi connectivity index (χ0v) is 19.4. The molecule has 0 radical (unpaired) electrons. The molecule has 0 bridgehead atoms. The molecule has 1 unspecified atom stereocenters. The van der Waals surface area contributed by atoms with E-state index in [2.05, 4.69) is 10.4 Å². The third-order valence-electron chi connectivity index (χ3n) is 4.95. The maximum atomic E-state index is 13.0. The van der Waals surface area contributed by atoms with Crippen LogP contribution in [0, 0.1) is 0 Å². The fourth-order valence-corrected chi connectivity index (χ4v) is 5.26. The number of nitrogens with one attached hydrogen (secondary N) is 1. The monoisotopic (exact) mass is 484 g/mol. The molecule has 0 aliphatic carbocycles. The minimum atomic E-state index is -1.12. The molecule has 0 spiro atoms. The molecule has 2 aromatic carbocycles. The molecular weight excluding hydrogens is 464 g/mol. The van der Waals surface area contributed by atoms with Gasteiger partial charge in [-0.1, -0.05) is 23.9 Å². The lowest BCUT2D eigenvalue weighted by Gasteiger charge is -2.26. The highest BCUT2D eigenvalue weighted by Crippen LogP contribution is 2.30. The van der Waals surface area contributed by atoms with Crippen molar-refractivity contribution >= 4 is 62.6 Å². The highest BCUT2D eigenvalue weighted by molar-refractivity contribution is 8.01. The number of ether oxygens (including phenoxy) is 1. The first-order chi connectivity index (χ1) is 15.9. The number of nitrogens with zero attached hydrogens (tertiary/aromatic N) is 3. The summed E-state index contributed by atoms with van der Waals surface area (Å²) in [5.74, 6) is -1.48. The van der Waals surface area contributed by atoms with Crippen LogP contribution in [0.25, 0.3) is 10.2 Å². The molecule has 1 N–H and O–H groups in total. The van der Waals surface area contributed by atoms with Crippen molar-refractivity contribution in [1.82, 2.24) is 15.4 Å². The number of aromatic nitrogens is 1. The predicted molar refractivity (Wildman–Crippen MR) is 125 cm³/mol. The molecule has 1 atom stereocenters. The lowest BCUT2D eigenvalue weighted by molar-refractivity contribution is -0.145. The number of hydrazine groups is 1. The smallest absolute Gasteiger partial charge is 0.259 e. The molecular formula is C22H20N4O5S2. The summed E-state index contributed by atoms with van der Waals surface area (Å²) in [7, 11) is 1.51. The molecule has 0 saturated carbocycles. The number of rotatable bonds is 6. The van der Waals surface area contributed by atoms with E-state index in [-0.39, 0.29) is 12.2 Å². The van der Waals surface area contributed by atoms with Gasteiger partial charge in [-0.05, 0) is 36.4 Å². The molecule has 33 heavy (non-hydrogen) atoms. The number of amides is 4. The van der Waals surface area contributed by atoms with Gasteiger partial charge in [0.25, 0.3) is 5.91 Å². The number of fused-ring (bicyclic) bond motifs is 1. The maximum absolute atomic E-state index is 13.0. The summed E-state index contributed by atoms with van der Waals surface area (Å²) in [5.41, 5.74) is 3.71. The molecule has 11 heteroatoms. The van der Waals surface area contributed by atoms with Gasteiger partial charge in [-0.15, -0.1) is 11.3 Å². The Morgan fingerprint density at radius 2 is 1.94 bits per heavy atom. The second kappa shape index (κ2) is 9.59. The van der Waals surface area contributed by atoms with Crippen molar-refractivity contribution in [2.45, 2.75) is 23.7 Å². The summed E-state index contributed by atoms with van der Waals surface area (Å²) in [6.45, 7) is 1.23. The van der Waals surface area contributed by atoms with Crippen LogP contribution >= 0.6 is 23.1 Å². The largest absolute Gasteiger partial charge is 0.497 e. The van der Waals surface area contributed by atoms with E-state index in [1.165, 1.54) is 37.1 Å². The number of imide groups is 1. The van der Waals surface area contributed by atoms with Gasteiger partial charge >= 0.3 is 0 Å². The molecule has 1 fully saturated rings. The van der Waals surface area contributed by atoms with Gasteiger partial charge in [-0.3, -0.25) is 24.6 Å². The van der Waals surface area contributed by atoms with Crippen LogP contribution in [-0.2, 0) is 19.2 Å². The topological polar surface area (TPSA) is 109 Å². The highest BCUT2D eigenvalue weighted by Gasteiger charge is 2.44. The molecule has 1 aromatic heterocycles. The van der Waals surface area contributed by atoms with Crippen LogP contribution in [0.5, 0.6) is 5.75 Å². The molecule has 9 nitrogen and oxygen atoms in total.